The summed E-state index contributed by atoms with van der Waals surface area (Å²) in [5.41, 5.74) is 4.21. The zero-order valence-electron chi connectivity index (χ0n) is 15.5. The zero-order valence-corrected chi connectivity index (χ0v) is 16.3. The summed E-state index contributed by atoms with van der Waals surface area (Å²) in [7, 11) is 0. The first-order valence-electron chi connectivity index (χ1n) is 9.12. The molecule has 26 heavy (non-hydrogen) atoms. The smallest absolute Gasteiger partial charge is 0.202 e. The Morgan fingerprint density at radius 1 is 1.31 bits per heavy atom. The summed E-state index contributed by atoms with van der Waals surface area (Å²) < 4.78 is 1.80. The van der Waals surface area contributed by atoms with Gasteiger partial charge in [0, 0.05) is 16.0 Å². The number of aromatic nitrogens is 6. The molecular weight excluding hydrogens is 344 g/mol. The van der Waals surface area contributed by atoms with Gasteiger partial charge in [0.25, 0.3) is 0 Å². The van der Waals surface area contributed by atoms with E-state index in [4.69, 9.17) is 4.98 Å². The Bertz CT molecular complexity index is 1130. The van der Waals surface area contributed by atoms with E-state index in [1.165, 1.54) is 22.2 Å². The number of nitrogens with zero attached hydrogens (tertiary/aromatic N) is 5. The molecule has 1 atom stereocenters. The Hall–Kier alpha value is -2.28. The van der Waals surface area contributed by atoms with Crippen molar-refractivity contribution in [1.29, 1.82) is 0 Å². The van der Waals surface area contributed by atoms with Crippen LogP contribution in [0.15, 0.2) is 12.4 Å². The summed E-state index contributed by atoms with van der Waals surface area (Å²) in [5, 5.41) is 13.4. The van der Waals surface area contributed by atoms with Crippen LogP contribution in [0.1, 0.15) is 50.3 Å². The number of aryl methyl sites for hydroxylation is 1. The molecule has 0 spiro atoms. The molecule has 0 bridgehead atoms. The van der Waals surface area contributed by atoms with Crippen LogP contribution < -0.4 is 0 Å². The van der Waals surface area contributed by atoms with Crippen LogP contribution in [0.4, 0.5) is 0 Å². The highest BCUT2D eigenvalue weighted by molar-refractivity contribution is 7.19. The number of thiophene rings is 1. The van der Waals surface area contributed by atoms with Crippen molar-refractivity contribution in [1.82, 2.24) is 29.8 Å². The topological polar surface area (TPSA) is 71.8 Å². The van der Waals surface area contributed by atoms with E-state index >= 15 is 0 Å². The van der Waals surface area contributed by atoms with E-state index in [1.807, 2.05) is 17.4 Å². The predicted octanol–water partition coefficient (Wildman–Crippen LogP) is 4.15. The van der Waals surface area contributed by atoms with Gasteiger partial charge in [0.1, 0.15) is 16.9 Å². The van der Waals surface area contributed by atoms with Crippen molar-refractivity contribution in [3.05, 3.63) is 28.5 Å². The van der Waals surface area contributed by atoms with Gasteiger partial charge in [-0.3, -0.25) is 5.10 Å². The first kappa shape index (κ1) is 15.9. The lowest BCUT2D eigenvalue weighted by Gasteiger charge is -2.17. The molecule has 4 heterocycles. The van der Waals surface area contributed by atoms with Gasteiger partial charge in [-0.1, -0.05) is 27.7 Å². The van der Waals surface area contributed by atoms with Gasteiger partial charge in [0.05, 0.1) is 5.39 Å². The maximum Gasteiger partial charge on any atom is 0.202 e. The average Bonchev–Trinajstić information content (AvgIpc) is 3.28. The SMILES string of the molecule is C[C@H]1CCc2c(sc3ncn4nc(-c5cc(C(C)(C)C)[nH]n5)nc4c23)C1. The van der Waals surface area contributed by atoms with Crippen LogP contribution in [0, 0.1) is 5.92 Å². The third kappa shape index (κ3) is 2.37. The highest BCUT2D eigenvalue weighted by Gasteiger charge is 2.24. The molecule has 1 aliphatic rings. The number of hydrogen-bond donors (Lipinski definition) is 1. The van der Waals surface area contributed by atoms with E-state index in [-0.39, 0.29) is 5.41 Å². The van der Waals surface area contributed by atoms with Gasteiger partial charge in [0.2, 0.25) is 5.82 Å². The van der Waals surface area contributed by atoms with Crippen LogP contribution in [0.3, 0.4) is 0 Å². The van der Waals surface area contributed by atoms with Crippen LogP contribution >= 0.6 is 11.3 Å². The van der Waals surface area contributed by atoms with Crippen molar-refractivity contribution in [3.63, 3.8) is 0 Å². The van der Waals surface area contributed by atoms with E-state index in [1.54, 1.807) is 10.8 Å². The number of hydrogen-bond acceptors (Lipinski definition) is 5. The molecule has 134 valence electrons. The van der Waals surface area contributed by atoms with Gasteiger partial charge in [0.15, 0.2) is 5.65 Å². The molecule has 4 aromatic rings. The van der Waals surface area contributed by atoms with Gasteiger partial charge in [-0.15, -0.1) is 16.4 Å². The minimum Gasteiger partial charge on any atom is -0.281 e. The van der Waals surface area contributed by atoms with Crippen LogP contribution in [0.2, 0.25) is 0 Å². The summed E-state index contributed by atoms with van der Waals surface area (Å²) in [6.07, 6.45) is 5.26. The predicted molar refractivity (Wildman–Crippen MR) is 104 cm³/mol. The molecular formula is C19H22N6S. The number of aromatic amines is 1. The van der Waals surface area contributed by atoms with Gasteiger partial charge in [-0.2, -0.15) is 5.10 Å². The largest absolute Gasteiger partial charge is 0.281 e. The highest BCUT2D eigenvalue weighted by Crippen LogP contribution is 2.38. The molecule has 0 fully saturated rings. The number of H-pyrrole nitrogens is 1. The number of fused-ring (bicyclic) bond motifs is 5. The maximum absolute atomic E-state index is 4.84. The molecule has 0 saturated carbocycles. The Morgan fingerprint density at radius 2 is 2.15 bits per heavy atom. The maximum atomic E-state index is 4.84. The highest BCUT2D eigenvalue weighted by atomic mass is 32.1. The fourth-order valence-electron chi connectivity index (χ4n) is 3.67. The van der Waals surface area contributed by atoms with Crippen molar-refractivity contribution in [2.24, 2.45) is 5.92 Å². The number of rotatable bonds is 1. The fraction of sp³-hybridized carbons (Fsp3) is 0.474. The van der Waals surface area contributed by atoms with E-state index in [0.29, 0.717) is 5.82 Å². The van der Waals surface area contributed by atoms with E-state index in [0.717, 1.165) is 40.6 Å². The second-order valence-electron chi connectivity index (χ2n) is 8.40. The quantitative estimate of drug-likeness (QED) is 0.549. The molecule has 0 saturated heterocycles. The van der Waals surface area contributed by atoms with Crippen LogP contribution in [0.25, 0.3) is 27.4 Å². The van der Waals surface area contributed by atoms with E-state index in [2.05, 4.69) is 48.0 Å². The Morgan fingerprint density at radius 3 is 2.92 bits per heavy atom. The van der Waals surface area contributed by atoms with Gasteiger partial charge in [-0.25, -0.2) is 14.5 Å². The van der Waals surface area contributed by atoms with E-state index < -0.39 is 0 Å². The molecule has 7 heteroatoms. The first-order valence-corrected chi connectivity index (χ1v) is 9.93. The fourth-order valence-corrected chi connectivity index (χ4v) is 5.01. The van der Waals surface area contributed by atoms with Crippen LogP contribution in [-0.4, -0.2) is 29.8 Å². The van der Waals surface area contributed by atoms with Crippen molar-refractivity contribution < 1.29 is 0 Å². The van der Waals surface area contributed by atoms with Crippen molar-refractivity contribution in [3.8, 4) is 11.5 Å². The van der Waals surface area contributed by atoms with Crippen molar-refractivity contribution in [2.75, 3.05) is 0 Å². The minimum atomic E-state index is 0.0162. The molecule has 4 aromatic heterocycles. The lowest BCUT2D eigenvalue weighted by atomic mass is 9.89. The number of nitrogens with one attached hydrogen (secondary N) is 1. The second-order valence-corrected chi connectivity index (χ2v) is 9.48. The van der Waals surface area contributed by atoms with Crippen LogP contribution in [0.5, 0.6) is 0 Å². The molecule has 0 aliphatic heterocycles. The zero-order chi connectivity index (χ0) is 18.1. The first-order chi connectivity index (χ1) is 12.4. The second kappa shape index (κ2) is 5.36. The van der Waals surface area contributed by atoms with Crippen LogP contribution in [-0.2, 0) is 18.3 Å². The Balaban J connectivity index is 1.68. The molecule has 5 rings (SSSR count). The van der Waals surface area contributed by atoms with E-state index in [9.17, 15) is 0 Å². The normalized spacial score (nSPS) is 17.9. The monoisotopic (exact) mass is 366 g/mol. The van der Waals surface area contributed by atoms with Gasteiger partial charge in [-0.05, 0) is 36.8 Å². The summed E-state index contributed by atoms with van der Waals surface area (Å²) in [4.78, 5) is 12.0. The molecule has 0 unspecified atom stereocenters. The lowest BCUT2D eigenvalue weighted by molar-refractivity contribution is 0.509. The summed E-state index contributed by atoms with van der Waals surface area (Å²) in [6.45, 7) is 8.81. The average molecular weight is 366 g/mol. The minimum absolute atomic E-state index is 0.0162. The molecule has 1 N–H and O–H groups in total. The third-order valence-corrected chi connectivity index (χ3v) is 6.41. The lowest BCUT2D eigenvalue weighted by Crippen LogP contribution is -2.11. The molecule has 0 radical (unpaired) electrons. The van der Waals surface area contributed by atoms with Crippen molar-refractivity contribution >= 4 is 27.2 Å². The third-order valence-electron chi connectivity index (χ3n) is 5.25. The molecule has 0 amide bonds. The standard InChI is InChI=1S/C19H22N6S/c1-10-5-6-11-13(7-10)26-18-15(11)17-21-16(24-25(17)9-20-18)12-8-14(23-22-12)19(2,3)4/h8-10H,5-7H2,1-4H3,(H,22,23)/t10-/m0/s1. The van der Waals surface area contributed by atoms with Gasteiger partial charge < -0.3 is 0 Å². The molecule has 0 aromatic carbocycles. The Labute approximate surface area is 155 Å². The van der Waals surface area contributed by atoms with Crippen molar-refractivity contribution in [2.45, 2.75) is 52.4 Å². The summed E-state index contributed by atoms with van der Waals surface area (Å²) in [5.74, 6) is 1.40. The molecule has 6 nitrogen and oxygen atoms in total. The Kier molecular flexibility index (Phi) is 3.28. The summed E-state index contributed by atoms with van der Waals surface area (Å²) >= 11 is 1.82. The molecule has 1 aliphatic carbocycles. The van der Waals surface area contributed by atoms with Gasteiger partial charge >= 0.3 is 0 Å². The summed E-state index contributed by atoms with van der Waals surface area (Å²) in [6, 6.07) is 2.05.